The summed E-state index contributed by atoms with van der Waals surface area (Å²) in [7, 11) is 0. The maximum absolute atomic E-state index is 12.1. The van der Waals surface area contributed by atoms with Gasteiger partial charge < -0.3 is 15.4 Å². The minimum absolute atomic E-state index is 0.167. The largest absolute Gasteiger partial charge is 0.366 e. The molecule has 1 aliphatic rings. The molecule has 0 bridgehead atoms. The fraction of sp³-hybridized carbons (Fsp3) is 0.308. The topological polar surface area (TPSA) is 76.1 Å². The Balaban J connectivity index is 1.82. The highest BCUT2D eigenvalue weighted by Gasteiger charge is 2.23. The Hall–Kier alpha value is -1.76. The van der Waals surface area contributed by atoms with E-state index in [1.54, 1.807) is 0 Å². The molecule has 6 nitrogen and oxygen atoms in total. The number of hydrogen-bond donors (Lipinski definition) is 2. The number of ether oxygens (including phenoxy) is 1. The fourth-order valence-electron chi connectivity index (χ4n) is 1.99. The summed E-state index contributed by atoms with van der Waals surface area (Å²) in [5.41, 5.74) is 1.36. The zero-order valence-electron chi connectivity index (χ0n) is 10.6. The van der Waals surface area contributed by atoms with E-state index in [0.717, 1.165) is 6.54 Å². The Bertz CT molecular complexity index is 643. The zero-order valence-corrected chi connectivity index (χ0v) is 11.4. The van der Waals surface area contributed by atoms with Crippen LogP contribution < -0.4 is 10.6 Å². The van der Waals surface area contributed by atoms with Crippen molar-refractivity contribution in [2.75, 3.05) is 25.0 Å². The lowest BCUT2D eigenvalue weighted by atomic mass is 10.3. The Morgan fingerprint density at radius 2 is 2.10 bits per heavy atom. The molecule has 1 fully saturated rings. The second-order valence-electron chi connectivity index (χ2n) is 4.40. The van der Waals surface area contributed by atoms with Gasteiger partial charge in [-0.3, -0.25) is 4.79 Å². The summed E-state index contributed by atoms with van der Waals surface area (Å²) in [5, 5.41) is 5.92. The molecule has 3 rings (SSSR count). The molecule has 0 radical (unpaired) electrons. The van der Waals surface area contributed by atoms with E-state index in [9.17, 15) is 4.79 Å². The van der Waals surface area contributed by atoms with E-state index in [1.165, 1.54) is 0 Å². The molecular weight excluding hydrogens is 280 g/mol. The predicted octanol–water partition coefficient (Wildman–Crippen LogP) is 1.21. The van der Waals surface area contributed by atoms with Crippen LogP contribution in [0.15, 0.2) is 24.3 Å². The summed E-state index contributed by atoms with van der Waals surface area (Å²) in [4.78, 5) is 20.6. The van der Waals surface area contributed by atoms with Gasteiger partial charge in [0.15, 0.2) is 11.0 Å². The van der Waals surface area contributed by atoms with Crippen molar-refractivity contribution in [3.8, 4) is 0 Å². The number of carbonyl (C=O) groups is 1. The molecule has 104 valence electrons. The van der Waals surface area contributed by atoms with Crippen molar-refractivity contribution < 1.29 is 9.53 Å². The minimum Gasteiger partial charge on any atom is -0.366 e. The van der Waals surface area contributed by atoms with Crippen molar-refractivity contribution in [3.05, 3.63) is 29.4 Å². The summed E-state index contributed by atoms with van der Waals surface area (Å²) in [6.45, 7) is 1.74. The van der Waals surface area contributed by atoms with Gasteiger partial charge in [-0.25, -0.2) is 9.97 Å². The number of halogens is 1. The highest BCUT2D eigenvalue weighted by Crippen LogP contribution is 2.21. The molecule has 0 aliphatic carbocycles. The van der Waals surface area contributed by atoms with Crippen molar-refractivity contribution in [1.29, 1.82) is 0 Å². The van der Waals surface area contributed by atoms with E-state index in [4.69, 9.17) is 16.3 Å². The van der Waals surface area contributed by atoms with Crippen molar-refractivity contribution in [3.63, 3.8) is 0 Å². The second kappa shape index (κ2) is 5.70. The molecule has 0 spiro atoms. The number of carbonyl (C=O) groups excluding carboxylic acids is 1. The van der Waals surface area contributed by atoms with E-state index in [-0.39, 0.29) is 16.9 Å². The third-order valence-electron chi connectivity index (χ3n) is 2.99. The molecule has 2 aromatic rings. The van der Waals surface area contributed by atoms with E-state index in [0.29, 0.717) is 24.2 Å². The van der Waals surface area contributed by atoms with Crippen molar-refractivity contribution in [2.45, 2.75) is 6.10 Å². The first-order chi connectivity index (χ1) is 9.74. The SMILES string of the molecule is O=C(Nc1nc2ccccc2nc1Cl)C1CNCCO1. The molecule has 1 aromatic heterocycles. The smallest absolute Gasteiger partial charge is 0.256 e. The lowest BCUT2D eigenvalue weighted by Crippen LogP contribution is -2.45. The van der Waals surface area contributed by atoms with Gasteiger partial charge in [-0.2, -0.15) is 0 Å². The van der Waals surface area contributed by atoms with Crippen molar-refractivity contribution in [1.82, 2.24) is 15.3 Å². The molecule has 1 atom stereocenters. The van der Waals surface area contributed by atoms with E-state index in [1.807, 2.05) is 24.3 Å². The number of anilines is 1. The van der Waals surface area contributed by atoms with E-state index in [2.05, 4.69) is 20.6 Å². The first kappa shape index (κ1) is 13.2. The first-order valence-electron chi connectivity index (χ1n) is 6.29. The third-order valence-corrected chi connectivity index (χ3v) is 3.25. The molecule has 1 saturated heterocycles. The number of nitrogens with one attached hydrogen (secondary N) is 2. The average molecular weight is 293 g/mol. The number of morpholine rings is 1. The van der Waals surface area contributed by atoms with Gasteiger partial charge in [0.25, 0.3) is 5.91 Å². The Morgan fingerprint density at radius 1 is 1.35 bits per heavy atom. The molecule has 1 amide bonds. The number of para-hydroxylation sites is 2. The highest BCUT2D eigenvalue weighted by atomic mass is 35.5. The monoisotopic (exact) mass is 292 g/mol. The highest BCUT2D eigenvalue weighted by molar-refractivity contribution is 6.32. The van der Waals surface area contributed by atoms with Crippen LogP contribution in [0.4, 0.5) is 5.82 Å². The van der Waals surface area contributed by atoms with Crippen molar-refractivity contribution >= 4 is 34.4 Å². The van der Waals surface area contributed by atoms with Crippen molar-refractivity contribution in [2.24, 2.45) is 0 Å². The van der Waals surface area contributed by atoms with Crippen LogP contribution in [0.3, 0.4) is 0 Å². The predicted molar refractivity (Wildman–Crippen MR) is 75.8 cm³/mol. The summed E-state index contributed by atoms with van der Waals surface area (Å²) >= 11 is 6.04. The van der Waals surface area contributed by atoms with Crippen LogP contribution in [0.2, 0.25) is 5.15 Å². The number of fused-ring (bicyclic) bond motifs is 1. The van der Waals surface area contributed by atoms with Gasteiger partial charge >= 0.3 is 0 Å². The summed E-state index contributed by atoms with van der Waals surface area (Å²) in [6.07, 6.45) is -0.534. The maximum atomic E-state index is 12.1. The standard InChI is InChI=1S/C13H13ClN4O2/c14-11-12(17-9-4-2-1-3-8(9)16-11)18-13(19)10-7-15-5-6-20-10/h1-4,10,15H,5-7H2,(H,17,18,19). The Kier molecular flexibility index (Phi) is 3.77. The van der Waals surface area contributed by atoms with Crippen LogP contribution in [0.5, 0.6) is 0 Å². The third kappa shape index (κ3) is 2.72. The number of amides is 1. The van der Waals surface area contributed by atoms with Crippen LogP contribution in [0, 0.1) is 0 Å². The number of rotatable bonds is 2. The van der Waals surface area contributed by atoms with Gasteiger partial charge in [0.2, 0.25) is 0 Å². The number of nitrogens with zero attached hydrogens (tertiary/aromatic N) is 2. The zero-order chi connectivity index (χ0) is 13.9. The molecule has 7 heteroatoms. The number of aromatic nitrogens is 2. The van der Waals surface area contributed by atoms with Crippen LogP contribution in [0.25, 0.3) is 11.0 Å². The van der Waals surface area contributed by atoms with E-state index < -0.39 is 6.10 Å². The number of benzene rings is 1. The van der Waals surface area contributed by atoms with E-state index >= 15 is 0 Å². The Morgan fingerprint density at radius 3 is 2.80 bits per heavy atom. The van der Waals surface area contributed by atoms with Gasteiger partial charge in [-0.1, -0.05) is 23.7 Å². The lowest BCUT2D eigenvalue weighted by molar-refractivity contribution is -0.128. The molecule has 0 saturated carbocycles. The van der Waals surface area contributed by atoms with Gasteiger partial charge in [0.1, 0.15) is 6.10 Å². The lowest BCUT2D eigenvalue weighted by Gasteiger charge is -2.22. The summed E-state index contributed by atoms with van der Waals surface area (Å²) in [5.74, 6) is -0.0202. The molecule has 1 unspecified atom stereocenters. The molecule has 20 heavy (non-hydrogen) atoms. The van der Waals surface area contributed by atoms with Crippen LogP contribution in [0.1, 0.15) is 0 Å². The maximum Gasteiger partial charge on any atom is 0.256 e. The molecular formula is C13H13ClN4O2. The molecule has 2 heterocycles. The van der Waals surface area contributed by atoms with Crippen LogP contribution in [-0.4, -0.2) is 41.7 Å². The fourth-order valence-corrected chi connectivity index (χ4v) is 2.17. The average Bonchev–Trinajstić information content (AvgIpc) is 2.49. The number of hydrogen-bond acceptors (Lipinski definition) is 5. The van der Waals surface area contributed by atoms with Crippen LogP contribution in [-0.2, 0) is 9.53 Å². The van der Waals surface area contributed by atoms with Gasteiger partial charge in [0.05, 0.1) is 17.6 Å². The van der Waals surface area contributed by atoms with Gasteiger partial charge in [-0.05, 0) is 12.1 Å². The first-order valence-corrected chi connectivity index (χ1v) is 6.67. The van der Waals surface area contributed by atoms with Gasteiger partial charge in [-0.15, -0.1) is 0 Å². The summed E-state index contributed by atoms with van der Waals surface area (Å²) in [6, 6.07) is 7.33. The summed E-state index contributed by atoms with van der Waals surface area (Å²) < 4.78 is 5.37. The van der Waals surface area contributed by atoms with Gasteiger partial charge in [0, 0.05) is 13.1 Å². The minimum atomic E-state index is -0.534. The molecule has 1 aromatic carbocycles. The molecule has 2 N–H and O–H groups in total. The van der Waals surface area contributed by atoms with Crippen LogP contribution >= 0.6 is 11.6 Å². The quantitative estimate of drug-likeness (QED) is 0.870. The Labute approximate surface area is 120 Å². The second-order valence-corrected chi connectivity index (χ2v) is 4.76. The molecule has 1 aliphatic heterocycles. The normalized spacial score (nSPS) is 18.9.